The third-order valence-corrected chi connectivity index (χ3v) is 3.85. The molecule has 1 aliphatic heterocycles. The molecule has 0 amide bonds. The Hall–Kier alpha value is -1.06. The average Bonchev–Trinajstić information content (AvgIpc) is 2.94. The fraction of sp³-hybridized carbons (Fsp3) is 0.667. The number of rotatable bonds is 8. The van der Waals surface area contributed by atoms with Crippen LogP contribution in [0.25, 0.3) is 0 Å². The lowest BCUT2D eigenvalue weighted by molar-refractivity contribution is 0.0903. The highest BCUT2D eigenvalue weighted by molar-refractivity contribution is 5.29. The standard InChI is InChI=1S/C18H29NO2/c1-4-10-20-17-7-5-15(6-8-17)18-16(9-11-21-18)13-19-12-14(2)3/h5-8,14,16,18-19H,4,9-13H2,1-3H3. The van der Waals surface area contributed by atoms with Gasteiger partial charge in [-0.25, -0.2) is 0 Å². The van der Waals surface area contributed by atoms with Crippen LogP contribution < -0.4 is 10.1 Å². The van der Waals surface area contributed by atoms with Crippen LogP contribution in [0.2, 0.25) is 0 Å². The summed E-state index contributed by atoms with van der Waals surface area (Å²) in [6.45, 7) is 10.4. The van der Waals surface area contributed by atoms with Crippen molar-refractivity contribution < 1.29 is 9.47 Å². The smallest absolute Gasteiger partial charge is 0.119 e. The molecule has 1 aliphatic rings. The van der Waals surface area contributed by atoms with E-state index in [1.807, 2.05) is 0 Å². The third kappa shape index (κ3) is 5.01. The summed E-state index contributed by atoms with van der Waals surface area (Å²) in [6.07, 6.45) is 2.41. The summed E-state index contributed by atoms with van der Waals surface area (Å²) in [7, 11) is 0. The first-order valence-electron chi connectivity index (χ1n) is 8.25. The van der Waals surface area contributed by atoms with Gasteiger partial charge in [-0.1, -0.05) is 32.9 Å². The molecule has 1 heterocycles. The molecule has 3 nitrogen and oxygen atoms in total. The Morgan fingerprint density at radius 3 is 2.71 bits per heavy atom. The Morgan fingerprint density at radius 1 is 1.29 bits per heavy atom. The third-order valence-electron chi connectivity index (χ3n) is 3.85. The molecule has 3 heteroatoms. The van der Waals surface area contributed by atoms with Crippen LogP contribution in [-0.2, 0) is 4.74 Å². The zero-order valence-corrected chi connectivity index (χ0v) is 13.6. The predicted octanol–water partition coefficient (Wildman–Crippen LogP) is 3.80. The normalized spacial score (nSPS) is 21.9. The van der Waals surface area contributed by atoms with Crippen molar-refractivity contribution in [1.29, 1.82) is 0 Å². The largest absolute Gasteiger partial charge is 0.494 e. The van der Waals surface area contributed by atoms with Gasteiger partial charge in [-0.05, 0) is 43.0 Å². The van der Waals surface area contributed by atoms with Crippen LogP contribution in [0.4, 0.5) is 0 Å². The number of hydrogen-bond acceptors (Lipinski definition) is 3. The second-order valence-corrected chi connectivity index (χ2v) is 6.31. The Labute approximate surface area is 129 Å². The molecule has 0 saturated carbocycles. The van der Waals surface area contributed by atoms with Gasteiger partial charge in [-0.2, -0.15) is 0 Å². The quantitative estimate of drug-likeness (QED) is 0.790. The van der Waals surface area contributed by atoms with Crippen LogP contribution in [0.1, 0.15) is 45.3 Å². The van der Waals surface area contributed by atoms with E-state index in [4.69, 9.17) is 9.47 Å². The van der Waals surface area contributed by atoms with Crippen LogP contribution in [0.5, 0.6) is 5.75 Å². The Bertz CT molecular complexity index is 402. The summed E-state index contributed by atoms with van der Waals surface area (Å²) in [5, 5.41) is 3.56. The maximum Gasteiger partial charge on any atom is 0.119 e. The first-order valence-corrected chi connectivity index (χ1v) is 8.25. The molecule has 1 N–H and O–H groups in total. The van der Waals surface area contributed by atoms with Gasteiger partial charge in [0.05, 0.1) is 12.7 Å². The van der Waals surface area contributed by atoms with Crippen molar-refractivity contribution >= 4 is 0 Å². The van der Waals surface area contributed by atoms with Gasteiger partial charge in [0.25, 0.3) is 0 Å². The van der Waals surface area contributed by atoms with E-state index in [9.17, 15) is 0 Å². The van der Waals surface area contributed by atoms with Gasteiger partial charge in [0, 0.05) is 19.1 Å². The second-order valence-electron chi connectivity index (χ2n) is 6.31. The van der Waals surface area contributed by atoms with Gasteiger partial charge in [0.1, 0.15) is 5.75 Å². The van der Waals surface area contributed by atoms with E-state index in [0.29, 0.717) is 11.8 Å². The molecule has 1 aromatic carbocycles. The highest BCUT2D eigenvalue weighted by Crippen LogP contribution is 2.34. The zero-order chi connectivity index (χ0) is 15.1. The van der Waals surface area contributed by atoms with Crippen molar-refractivity contribution in [1.82, 2.24) is 5.32 Å². The monoisotopic (exact) mass is 291 g/mol. The topological polar surface area (TPSA) is 30.5 Å². The first kappa shape index (κ1) is 16.3. The number of ether oxygens (including phenoxy) is 2. The van der Waals surface area contributed by atoms with E-state index in [0.717, 1.165) is 44.9 Å². The van der Waals surface area contributed by atoms with Crippen LogP contribution >= 0.6 is 0 Å². The molecular formula is C18H29NO2. The fourth-order valence-electron chi connectivity index (χ4n) is 2.74. The van der Waals surface area contributed by atoms with Crippen molar-refractivity contribution in [3.8, 4) is 5.75 Å². The fourth-order valence-corrected chi connectivity index (χ4v) is 2.74. The molecule has 0 bridgehead atoms. The van der Waals surface area contributed by atoms with Gasteiger partial charge in [-0.15, -0.1) is 0 Å². The molecule has 2 rings (SSSR count). The lowest BCUT2D eigenvalue weighted by atomic mass is 9.95. The molecule has 2 unspecified atom stereocenters. The van der Waals surface area contributed by atoms with Crippen molar-refractivity contribution in [2.24, 2.45) is 11.8 Å². The minimum absolute atomic E-state index is 0.227. The van der Waals surface area contributed by atoms with Crippen LogP contribution in [0.15, 0.2) is 24.3 Å². The van der Waals surface area contributed by atoms with Gasteiger partial charge in [-0.3, -0.25) is 0 Å². The molecule has 0 spiro atoms. The van der Waals surface area contributed by atoms with E-state index in [-0.39, 0.29) is 6.10 Å². The van der Waals surface area contributed by atoms with Crippen LogP contribution in [0.3, 0.4) is 0 Å². The van der Waals surface area contributed by atoms with E-state index in [1.165, 1.54) is 5.56 Å². The van der Waals surface area contributed by atoms with Crippen molar-refractivity contribution in [3.63, 3.8) is 0 Å². The van der Waals surface area contributed by atoms with E-state index < -0.39 is 0 Å². The summed E-state index contributed by atoms with van der Waals surface area (Å²) in [5.74, 6) is 2.22. The predicted molar refractivity (Wildman–Crippen MR) is 86.7 cm³/mol. The Balaban J connectivity index is 1.89. The van der Waals surface area contributed by atoms with E-state index >= 15 is 0 Å². The van der Waals surface area contributed by atoms with Crippen LogP contribution in [0, 0.1) is 11.8 Å². The number of nitrogens with one attached hydrogen (secondary N) is 1. The summed E-state index contributed by atoms with van der Waals surface area (Å²) in [4.78, 5) is 0. The van der Waals surface area contributed by atoms with Gasteiger partial charge >= 0.3 is 0 Å². The molecule has 0 radical (unpaired) electrons. The molecule has 0 aromatic heterocycles. The zero-order valence-electron chi connectivity index (χ0n) is 13.6. The van der Waals surface area contributed by atoms with Crippen molar-refractivity contribution in [2.75, 3.05) is 26.3 Å². The maximum atomic E-state index is 5.95. The minimum atomic E-state index is 0.227. The van der Waals surface area contributed by atoms with Crippen molar-refractivity contribution in [3.05, 3.63) is 29.8 Å². The number of benzene rings is 1. The van der Waals surface area contributed by atoms with Gasteiger partial charge in [0.2, 0.25) is 0 Å². The average molecular weight is 291 g/mol. The molecule has 1 aromatic rings. The lowest BCUT2D eigenvalue weighted by Crippen LogP contribution is -2.27. The molecular weight excluding hydrogens is 262 g/mol. The molecule has 118 valence electrons. The van der Waals surface area contributed by atoms with Gasteiger partial charge < -0.3 is 14.8 Å². The molecule has 0 aliphatic carbocycles. The Morgan fingerprint density at radius 2 is 2.05 bits per heavy atom. The minimum Gasteiger partial charge on any atom is -0.494 e. The SMILES string of the molecule is CCCOc1ccc(C2OCCC2CNCC(C)C)cc1. The van der Waals surface area contributed by atoms with E-state index in [2.05, 4.69) is 50.4 Å². The number of hydrogen-bond donors (Lipinski definition) is 1. The summed E-state index contributed by atoms with van der Waals surface area (Å²) in [5.41, 5.74) is 1.27. The summed E-state index contributed by atoms with van der Waals surface area (Å²) >= 11 is 0. The van der Waals surface area contributed by atoms with Crippen molar-refractivity contribution in [2.45, 2.75) is 39.7 Å². The molecule has 1 fully saturated rings. The maximum absolute atomic E-state index is 5.95. The molecule has 1 saturated heterocycles. The Kier molecular flexibility index (Phi) is 6.52. The highest BCUT2D eigenvalue weighted by Gasteiger charge is 2.29. The second kappa shape index (κ2) is 8.40. The molecule has 2 atom stereocenters. The van der Waals surface area contributed by atoms with Crippen LogP contribution in [-0.4, -0.2) is 26.3 Å². The highest BCUT2D eigenvalue weighted by atomic mass is 16.5. The summed E-state index contributed by atoms with van der Waals surface area (Å²) < 4.78 is 11.6. The molecule has 21 heavy (non-hydrogen) atoms. The summed E-state index contributed by atoms with van der Waals surface area (Å²) in [6, 6.07) is 8.42. The van der Waals surface area contributed by atoms with Gasteiger partial charge in [0.15, 0.2) is 0 Å². The lowest BCUT2D eigenvalue weighted by Gasteiger charge is -2.20. The van der Waals surface area contributed by atoms with E-state index in [1.54, 1.807) is 0 Å². The first-order chi connectivity index (χ1) is 10.2.